The van der Waals surface area contributed by atoms with E-state index in [0.717, 1.165) is 12.1 Å². The van der Waals surface area contributed by atoms with Crippen molar-refractivity contribution < 1.29 is 29.0 Å². The number of nitrogens with two attached hydrogens (primary N) is 1. The quantitative estimate of drug-likeness (QED) is 0.604. The Morgan fingerprint density at radius 2 is 1.91 bits per heavy atom. The number of halogens is 1. The van der Waals surface area contributed by atoms with E-state index in [1.165, 1.54) is 14.0 Å². The Balaban J connectivity index is 3.47. The Kier molecular flexibility index (Phi) is 5.58. The van der Waals surface area contributed by atoms with Gasteiger partial charge in [-0.15, -0.1) is 0 Å². The topological polar surface area (TPSA) is 130 Å². The van der Waals surface area contributed by atoms with Gasteiger partial charge in [-0.1, -0.05) is 0 Å². The summed E-state index contributed by atoms with van der Waals surface area (Å²) in [4.78, 5) is 33.8. The smallest absolute Gasteiger partial charge is 0.321 e. The van der Waals surface area contributed by atoms with Gasteiger partial charge in [0, 0.05) is 18.5 Å². The van der Waals surface area contributed by atoms with Crippen molar-refractivity contribution in [2.45, 2.75) is 25.3 Å². The molecule has 22 heavy (non-hydrogen) atoms. The normalized spacial score (nSPS) is 13.3. The zero-order chi connectivity index (χ0) is 17.0. The zero-order valence-corrected chi connectivity index (χ0v) is 12.1. The first-order chi connectivity index (χ1) is 10.2. The molecule has 0 saturated carbocycles. The van der Waals surface area contributed by atoms with Gasteiger partial charge in [0.15, 0.2) is 0 Å². The van der Waals surface area contributed by atoms with Crippen molar-refractivity contribution in [2.75, 3.05) is 7.05 Å². The molecule has 0 aromatic heterocycles. The molecule has 0 aliphatic heterocycles. The molecule has 0 fully saturated rings. The lowest BCUT2D eigenvalue weighted by atomic mass is 9.84. The number of carboxylic acids is 2. The van der Waals surface area contributed by atoms with E-state index in [0.29, 0.717) is 5.56 Å². The number of carbonyl (C=O) groups is 3. The van der Waals surface area contributed by atoms with Crippen LogP contribution in [0.4, 0.5) is 4.39 Å². The van der Waals surface area contributed by atoms with Gasteiger partial charge in [-0.05, 0) is 30.2 Å². The van der Waals surface area contributed by atoms with E-state index in [2.05, 4.69) is 5.32 Å². The van der Waals surface area contributed by atoms with Crippen molar-refractivity contribution in [1.82, 2.24) is 5.32 Å². The van der Waals surface area contributed by atoms with E-state index in [1.54, 1.807) is 0 Å². The van der Waals surface area contributed by atoms with Gasteiger partial charge < -0.3 is 21.3 Å². The largest absolute Gasteiger partial charge is 0.481 e. The molecule has 1 rings (SSSR count). The number of rotatable bonds is 6. The Hall–Kier alpha value is -2.48. The van der Waals surface area contributed by atoms with E-state index in [-0.39, 0.29) is 11.1 Å². The molecule has 120 valence electrons. The molecule has 0 spiro atoms. The second kappa shape index (κ2) is 6.99. The fourth-order valence-corrected chi connectivity index (χ4v) is 2.25. The third kappa shape index (κ3) is 3.79. The van der Waals surface area contributed by atoms with E-state index in [4.69, 9.17) is 15.9 Å². The van der Waals surface area contributed by atoms with Crippen molar-refractivity contribution in [3.63, 3.8) is 0 Å². The molecule has 0 heterocycles. The highest BCUT2D eigenvalue weighted by Gasteiger charge is 2.30. The van der Waals surface area contributed by atoms with Crippen LogP contribution in [0.25, 0.3) is 0 Å². The second-order valence-corrected chi connectivity index (χ2v) is 4.82. The molecular formula is C14H17FN2O5. The molecule has 2 atom stereocenters. The van der Waals surface area contributed by atoms with Crippen molar-refractivity contribution in [1.29, 1.82) is 0 Å². The lowest BCUT2D eigenvalue weighted by Crippen LogP contribution is -2.38. The van der Waals surface area contributed by atoms with E-state index in [9.17, 15) is 18.8 Å². The number of nitrogens with one attached hydrogen (secondary N) is 1. The summed E-state index contributed by atoms with van der Waals surface area (Å²) in [5, 5.41) is 20.3. The third-order valence-corrected chi connectivity index (χ3v) is 3.40. The van der Waals surface area contributed by atoms with Crippen LogP contribution in [0.3, 0.4) is 0 Å². The highest BCUT2D eigenvalue weighted by Crippen LogP contribution is 2.29. The summed E-state index contributed by atoms with van der Waals surface area (Å²) >= 11 is 0. The molecule has 0 aliphatic carbocycles. The van der Waals surface area contributed by atoms with Gasteiger partial charge in [-0.2, -0.15) is 0 Å². The molecule has 1 aromatic carbocycles. The van der Waals surface area contributed by atoms with E-state index < -0.39 is 42.0 Å². The number of amides is 1. The standard InChI is InChI=1S/C14H17FN2O5/c1-6-8(3-7(15)4-9(6)13(20)17-2)10(5-11(18)19)12(16)14(21)22/h3-4,10,12H,5,16H2,1-2H3,(H,17,20)(H,18,19)(H,21,22). The van der Waals surface area contributed by atoms with Crippen LogP contribution >= 0.6 is 0 Å². The minimum absolute atomic E-state index is 0.00507. The first kappa shape index (κ1) is 17.6. The summed E-state index contributed by atoms with van der Waals surface area (Å²) in [5.74, 6) is -5.17. The molecule has 2 unspecified atom stereocenters. The molecule has 7 nitrogen and oxygen atoms in total. The minimum atomic E-state index is -1.53. The predicted octanol–water partition coefficient (Wildman–Crippen LogP) is 0.464. The average Bonchev–Trinajstić information content (AvgIpc) is 2.45. The van der Waals surface area contributed by atoms with Gasteiger partial charge in [0.25, 0.3) is 5.91 Å². The summed E-state index contributed by atoms with van der Waals surface area (Å²) < 4.78 is 13.8. The van der Waals surface area contributed by atoms with Gasteiger partial charge >= 0.3 is 11.9 Å². The van der Waals surface area contributed by atoms with Crippen LogP contribution in [0.2, 0.25) is 0 Å². The lowest BCUT2D eigenvalue weighted by Gasteiger charge is -2.22. The lowest BCUT2D eigenvalue weighted by molar-refractivity contribution is -0.140. The van der Waals surface area contributed by atoms with E-state index >= 15 is 0 Å². The van der Waals surface area contributed by atoms with Crippen LogP contribution in [0, 0.1) is 12.7 Å². The molecule has 0 radical (unpaired) electrons. The Morgan fingerprint density at radius 3 is 2.36 bits per heavy atom. The van der Waals surface area contributed by atoms with Gasteiger partial charge in [0.2, 0.25) is 0 Å². The van der Waals surface area contributed by atoms with E-state index in [1.807, 2.05) is 0 Å². The number of carboxylic acid groups (broad SMARTS) is 2. The van der Waals surface area contributed by atoms with Crippen LogP contribution in [0.5, 0.6) is 0 Å². The number of carbonyl (C=O) groups excluding carboxylic acids is 1. The first-order valence-electron chi connectivity index (χ1n) is 6.41. The summed E-state index contributed by atoms with van der Waals surface area (Å²) in [5.41, 5.74) is 5.93. The second-order valence-electron chi connectivity index (χ2n) is 4.82. The highest BCUT2D eigenvalue weighted by molar-refractivity contribution is 5.96. The average molecular weight is 312 g/mol. The van der Waals surface area contributed by atoms with Crippen LogP contribution in [-0.4, -0.2) is 41.1 Å². The summed E-state index contributed by atoms with van der Waals surface area (Å²) in [6, 6.07) is 0.481. The molecule has 0 saturated heterocycles. The van der Waals surface area contributed by atoms with Crippen LogP contribution in [-0.2, 0) is 9.59 Å². The number of benzene rings is 1. The fraction of sp³-hybridized carbons (Fsp3) is 0.357. The third-order valence-electron chi connectivity index (χ3n) is 3.40. The summed E-state index contributed by atoms with van der Waals surface area (Å²) in [6.07, 6.45) is -0.592. The molecule has 0 bridgehead atoms. The number of hydrogen-bond acceptors (Lipinski definition) is 4. The molecule has 5 N–H and O–H groups in total. The number of aliphatic carboxylic acids is 2. The molecular weight excluding hydrogens is 295 g/mol. The molecule has 1 aromatic rings. The van der Waals surface area contributed by atoms with Crippen LogP contribution in [0.15, 0.2) is 12.1 Å². The molecule has 1 amide bonds. The predicted molar refractivity (Wildman–Crippen MR) is 75.1 cm³/mol. The summed E-state index contributed by atoms with van der Waals surface area (Å²) in [6.45, 7) is 1.49. The Bertz CT molecular complexity index is 617. The monoisotopic (exact) mass is 312 g/mol. The van der Waals surface area contributed by atoms with Gasteiger partial charge in [-0.3, -0.25) is 14.4 Å². The van der Waals surface area contributed by atoms with Crippen molar-refractivity contribution >= 4 is 17.8 Å². The minimum Gasteiger partial charge on any atom is -0.481 e. The van der Waals surface area contributed by atoms with Crippen molar-refractivity contribution in [2.24, 2.45) is 5.73 Å². The molecule has 8 heteroatoms. The molecule has 0 aliphatic rings. The van der Waals surface area contributed by atoms with Crippen LogP contribution in [0.1, 0.15) is 33.8 Å². The fourth-order valence-electron chi connectivity index (χ4n) is 2.25. The van der Waals surface area contributed by atoms with Crippen molar-refractivity contribution in [3.8, 4) is 0 Å². The maximum Gasteiger partial charge on any atom is 0.321 e. The SMILES string of the molecule is CNC(=O)c1cc(F)cc(C(CC(=O)O)C(N)C(=O)O)c1C. The Labute approximate surface area is 125 Å². The summed E-state index contributed by atoms with van der Waals surface area (Å²) in [7, 11) is 1.37. The maximum absolute atomic E-state index is 13.8. The van der Waals surface area contributed by atoms with Crippen LogP contribution < -0.4 is 11.1 Å². The van der Waals surface area contributed by atoms with Gasteiger partial charge in [0.1, 0.15) is 11.9 Å². The van der Waals surface area contributed by atoms with Gasteiger partial charge in [0.05, 0.1) is 6.42 Å². The first-order valence-corrected chi connectivity index (χ1v) is 6.41. The van der Waals surface area contributed by atoms with Crippen molar-refractivity contribution in [3.05, 3.63) is 34.6 Å². The number of hydrogen-bond donors (Lipinski definition) is 4. The van der Waals surface area contributed by atoms with Gasteiger partial charge in [-0.25, -0.2) is 4.39 Å². The Morgan fingerprint density at radius 1 is 1.32 bits per heavy atom. The zero-order valence-electron chi connectivity index (χ0n) is 12.1. The highest BCUT2D eigenvalue weighted by atomic mass is 19.1. The maximum atomic E-state index is 13.8.